The van der Waals surface area contributed by atoms with E-state index in [2.05, 4.69) is 48.7 Å². The molecule has 0 saturated heterocycles. The Balaban J connectivity index is 1.89. The van der Waals surface area contributed by atoms with E-state index in [1.54, 1.807) is 0 Å². The Morgan fingerprint density at radius 1 is 1.31 bits per heavy atom. The Kier molecular flexibility index (Phi) is 3.75. The summed E-state index contributed by atoms with van der Waals surface area (Å²) in [5, 5.41) is 12.6. The van der Waals surface area contributed by atoms with Gasteiger partial charge in [-0.15, -0.1) is 0 Å². The molecule has 0 aliphatic heterocycles. The zero-order valence-corrected chi connectivity index (χ0v) is 9.63. The van der Waals surface area contributed by atoms with Crippen LogP contribution in [0.3, 0.4) is 0 Å². The third-order valence-corrected chi connectivity index (χ3v) is 3.17. The zero-order chi connectivity index (χ0) is 11.4. The van der Waals surface area contributed by atoms with Crippen molar-refractivity contribution in [3.05, 3.63) is 48.0 Å². The first-order valence-electron chi connectivity index (χ1n) is 5.90. The summed E-state index contributed by atoms with van der Waals surface area (Å²) >= 11 is 0. The molecule has 1 aliphatic rings. The molecule has 0 amide bonds. The van der Waals surface area contributed by atoms with Crippen LogP contribution in [0.5, 0.6) is 0 Å². The summed E-state index contributed by atoms with van der Waals surface area (Å²) in [6, 6.07) is 11.2. The molecule has 1 aromatic rings. The Morgan fingerprint density at radius 3 is 2.69 bits per heavy atom. The van der Waals surface area contributed by atoms with Crippen LogP contribution in [-0.4, -0.2) is 17.8 Å². The highest BCUT2D eigenvalue weighted by atomic mass is 16.3. The third-order valence-electron chi connectivity index (χ3n) is 3.17. The Bertz CT molecular complexity index is 347. The van der Waals surface area contributed by atoms with Gasteiger partial charge in [-0.1, -0.05) is 42.5 Å². The van der Waals surface area contributed by atoms with Gasteiger partial charge in [-0.3, -0.25) is 0 Å². The van der Waals surface area contributed by atoms with Gasteiger partial charge < -0.3 is 10.4 Å². The predicted molar refractivity (Wildman–Crippen MR) is 66.1 cm³/mol. The van der Waals surface area contributed by atoms with Crippen molar-refractivity contribution in [2.24, 2.45) is 5.92 Å². The maximum Gasteiger partial charge on any atom is 0.0494 e. The number of aliphatic hydroxyl groups excluding tert-OH is 1. The normalized spacial score (nSPS) is 25.9. The smallest absolute Gasteiger partial charge is 0.0494 e. The van der Waals surface area contributed by atoms with Crippen molar-refractivity contribution in [2.45, 2.75) is 25.4 Å². The molecule has 0 aromatic heterocycles. The van der Waals surface area contributed by atoms with Crippen LogP contribution in [0.4, 0.5) is 0 Å². The molecule has 0 spiro atoms. The van der Waals surface area contributed by atoms with Crippen LogP contribution in [0.25, 0.3) is 0 Å². The second-order valence-corrected chi connectivity index (χ2v) is 4.47. The molecule has 0 fully saturated rings. The van der Waals surface area contributed by atoms with E-state index in [4.69, 9.17) is 5.11 Å². The van der Waals surface area contributed by atoms with Crippen LogP contribution >= 0.6 is 0 Å². The molecule has 2 heteroatoms. The summed E-state index contributed by atoms with van der Waals surface area (Å²) in [7, 11) is 0. The van der Waals surface area contributed by atoms with Crippen LogP contribution in [0.2, 0.25) is 0 Å². The molecule has 86 valence electrons. The highest BCUT2D eigenvalue weighted by molar-refractivity contribution is 5.19. The van der Waals surface area contributed by atoms with Crippen LogP contribution in [0, 0.1) is 5.92 Å². The lowest BCUT2D eigenvalue weighted by molar-refractivity contribution is 0.245. The summed E-state index contributed by atoms with van der Waals surface area (Å²) in [6.07, 6.45) is 5.28. The van der Waals surface area contributed by atoms with E-state index in [9.17, 15) is 0 Å². The first kappa shape index (κ1) is 11.4. The van der Waals surface area contributed by atoms with Gasteiger partial charge in [-0.25, -0.2) is 0 Å². The standard InChI is InChI=1S/C14H19NO/c1-11(13-5-3-2-4-6-13)15-14-8-7-12(9-14)10-16/h2-8,11-12,14-16H,9-10H2,1H3/t11?,12-,14+/m0/s1. The second-order valence-electron chi connectivity index (χ2n) is 4.47. The molecule has 0 radical (unpaired) electrons. The van der Waals surface area contributed by atoms with Gasteiger partial charge in [-0.05, 0) is 18.9 Å². The van der Waals surface area contributed by atoms with E-state index in [0.29, 0.717) is 18.0 Å². The minimum atomic E-state index is 0.258. The maximum absolute atomic E-state index is 9.06. The van der Waals surface area contributed by atoms with Gasteiger partial charge in [-0.2, -0.15) is 0 Å². The lowest BCUT2D eigenvalue weighted by Gasteiger charge is -2.19. The minimum Gasteiger partial charge on any atom is -0.396 e. The minimum absolute atomic E-state index is 0.258. The summed E-state index contributed by atoms with van der Waals surface area (Å²) in [5.74, 6) is 0.334. The van der Waals surface area contributed by atoms with Crippen molar-refractivity contribution in [1.82, 2.24) is 5.32 Å². The Labute approximate surface area is 97.0 Å². The van der Waals surface area contributed by atoms with Crippen LogP contribution in [0.15, 0.2) is 42.5 Å². The van der Waals surface area contributed by atoms with E-state index in [0.717, 1.165) is 6.42 Å². The lowest BCUT2D eigenvalue weighted by atomic mass is 10.1. The molecular weight excluding hydrogens is 198 g/mol. The van der Waals surface area contributed by atoms with Gasteiger partial charge in [0.2, 0.25) is 0 Å². The quantitative estimate of drug-likeness (QED) is 0.758. The average Bonchev–Trinajstić information content (AvgIpc) is 2.78. The van der Waals surface area contributed by atoms with Gasteiger partial charge in [0.1, 0.15) is 0 Å². The summed E-state index contributed by atoms with van der Waals surface area (Å²) in [5.41, 5.74) is 1.31. The van der Waals surface area contributed by atoms with Gasteiger partial charge >= 0.3 is 0 Å². The fourth-order valence-electron chi connectivity index (χ4n) is 2.19. The molecule has 0 saturated carbocycles. The van der Waals surface area contributed by atoms with Gasteiger partial charge in [0.15, 0.2) is 0 Å². The van der Waals surface area contributed by atoms with Gasteiger partial charge in [0.25, 0.3) is 0 Å². The molecule has 1 unspecified atom stereocenters. The van der Waals surface area contributed by atoms with Crippen LogP contribution in [0.1, 0.15) is 24.9 Å². The largest absolute Gasteiger partial charge is 0.396 e. The molecule has 1 aliphatic carbocycles. The van der Waals surface area contributed by atoms with E-state index in [-0.39, 0.29) is 6.61 Å². The van der Waals surface area contributed by atoms with E-state index >= 15 is 0 Å². The predicted octanol–water partition coefficient (Wildman–Crippen LogP) is 2.27. The monoisotopic (exact) mass is 217 g/mol. The third kappa shape index (κ3) is 2.71. The zero-order valence-electron chi connectivity index (χ0n) is 9.63. The van der Waals surface area contributed by atoms with Crippen molar-refractivity contribution in [1.29, 1.82) is 0 Å². The van der Waals surface area contributed by atoms with Crippen LogP contribution < -0.4 is 5.32 Å². The van der Waals surface area contributed by atoms with E-state index < -0.39 is 0 Å². The number of aliphatic hydroxyl groups is 1. The molecule has 2 nitrogen and oxygen atoms in total. The van der Waals surface area contributed by atoms with Crippen molar-refractivity contribution in [2.75, 3.05) is 6.61 Å². The van der Waals surface area contributed by atoms with Gasteiger partial charge in [0, 0.05) is 24.6 Å². The molecule has 0 bridgehead atoms. The van der Waals surface area contributed by atoms with Crippen molar-refractivity contribution in [3.8, 4) is 0 Å². The van der Waals surface area contributed by atoms with Crippen molar-refractivity contribution in [3.63, 3.8) is 0 Å². The number of hydrogen-bond donors (Lipinski definition) is 2. The number of nitrogens with one attached hydrogen (secondary N) is 1. The van der Waals surface area contributed by atoms with E-state index in [1.165, 1.54) is 5.56 Å². The topological polar surface area (TPSA) is 32.3 Å². The first-order chi connectivity index (χ1) is 7.79. The fraction of sp³-hybridized carbons (Fsp3) is 0.429. The molecule has 3 atom stereocenters. The highest BCUT2D eigenvalue weighted by Gasteiger charge is 2.19. The maximum atomic E-state index is 9.06. The lowest BCUT2D eigenvalue weighted by Crippen LogP contribution is -2.29. The molecule has 1 aromatic carbocycles. The molecule has 2 N–H and O–H groups in total. The Hall–Kier alpha value is -1.12. The molecule has 16 heavy (non-hydrogen) atoms. The van der Waals surface area contributed by atoms with Crippen LogP contribution in [-0.2, 0) is 0 Å². The molecule has 0 heterocycles. The van der Waals surface area contributed by atoms with Crippen molar-refractivity contribution >= 4 is 0 Å². The highest BCUT2D eigenvalue weighted by Crippen LogP contribution is 2.20. The number of rotatable bonds is 4. The summed E-state index contributed by atoms with van der Waals surface area (Å²) in [4.78, 5) is 0. The first-order valence-corrected chi connectivity index (χ1v) is 5.90. The molecule has 2 rings (SSSR count). The molecular formula is C14H19NO. The fourth-order valence-corrected chi connectivity index (χ4v) is 2.19. The summed E-state index contributed by atoms with van der Waals surface area (Å²) in [6.45, 7) is 2.43. The van der Waals surface area contributed by atoms with Crippen molar-refractivity contribution < 1.29 is 5.11 Å². The van der Waals surface area contributed by atoms with E-state index in [1.807, 2.05) is 6.07 Å². The average molecular weight is 217 g/mol. The number of benzene rings is 1. The number of hydrogen-bond acceptors (Lipinski definition) is 2. The second kappa shape index (κ2) is 5.28. The summed E-state index contributed by atoms with van der Waals surface area (Å²) < 4.78 is 0. The SMILES string of the molecule is CC(N[C@@H]1C=C[C@H](CO)C1)c1ccccc1. The van der Waals surface area contributed by atoms with Gasteiger partial charge in [0.05, 0.1) is 0 Å². The Morgan fingerprint density at radius 2 is 2.06 bits per heavy atom.